The maximum Gasteiger partial charge on any atom is 0.123 e. The number of methoxy groups -OCH3 is 1. The maximum atomic E-state index is 10.2. The minimum atomic E-state index is -0.479. The number of aliphatic hydroxyl groups is 1. The molecule has 0 amide bonds. The SMILES string of the molecule is COc1cccc(OCCOCC(O)CN2CCN(Cc3ccccc3)CC2)c1. The number of ether oxygens (including phenoxy) is 3. The van der Waals surface area contributed by atoms with Crippen molar-refractivity contribution in [1.82, 2.24) is 9.80 Å². The Balaban J connectivity index is 1.25. The van der Waals surface area contributed by atoms with E-state index in [4.69, 9.17) is 14.2 Å². The molecule has 0 aromatic heterocycles. The van der Waals surface area contributed by atoms with E-state index in [1.807, 2.05) is 24.3 Å². The van der Waals surface area contributed by atoms with Gasteiger partial charge in [0, 0.05) is 45.3 Å². The molecule has 1 atom stereocenters. The number of nitrogens with zero attached hydrogens (tertiary/aromatic N) is 2. The summed E-state index contributed by atoms with van der Waals surface area (Å²) in [7, 11) is 1.63. The monoisotopic (exact) mass is 400 g/mol. The molecule has 1 N–H and O–H groups in total. The van der Waals surface area contributed by atoms with Gasteiger partial charge in [0.1, 0.15) is 18.1 Å². The van der Waals surface area contributed by atoms with Crippen molar-refractivity contribution in [3.8, 4) is 11.5 Å². The molecule has 1 unspecified atom stereocenters. The summed E-state index contributed by atoms with van der Waals surface area (Å²) >= 11 is 0. The van der Waals surface area contributed by atoms with E-state index in [2.05, 4.69) is 40.1 Å². The Labute approximate surface area is 173 Å². The molecule has 0 spiro atoms. The number of hydrogen-bond donors (Lipinski definition) is 1. The molecule has 0 bridgehead atoms. The van der Waals surface area contributed by atoms with Gasteiger partial charge in [-0.1, -0.05) is 36.4 Å². The molecule has 29 heavy (non-hydrogen) atoms. The Kier molecular flexibility index (Phi) is 8.77. The molecular formula is C23H32N2O4. The first-order valence-electron chi connectivity index (χ1n) is 10.2. The predicted octanol–water partition coefficient (Wildman–Crippen LogP) is 2.27. The van der Waals surface area contributed by atoms with Crippen molar-refractivity contribution in [2.75, 3.05) is 59.7 Å². The van der Waals surface area contributed by atoms with E-state index in [1.165, 1.54) is 5.56 Å². The summed E-state index contributed by atoms with van der Waals surface area (Å²) in [4.78, 5) is 4.77. The molecule has 2 aromatic rings. The van der Waals surface area contributed by atoms with Crippen LogP contribution in [0.1, 0.15) is 5.56 Å². The molecule has 6 heteroatoms. The van der Waals surface area contributed by atoms with Crippen LogP contribution in [0.15, 0.2) is 54.6 Å². The number of rotatable bonds is 11. The van der Waals surface area contributed by atoms with Gasteiger partial charge in [0.15, 0.2) is 0 Å². The fourth-order valence-electron chi connectivity index (χ4n) is 3.45. The van der Waals surface area contributed by atoms with Gasteiger partial charge in [-0.05, 0) is 17.7 Å². The summed E-state index contributed by atoms with van der Waals surface area (Å²) in [6.07, 6.45) is -0.479. The number of aliphatic hydroxyl groups excluding tert-OH is 1. The molecule has 0 saturated carbocycles. The smallest absolute Gasteiger partial charge is 0.123 e. The maximum absolute atomic E-state index is 10.2. The molecular weight excluding hydrogens is 368 g/mol. The first-order chi connectivity index (χ1) is 14.2. The van der Waals surface area contributed by atoms with Gasteiger partial charge >= 0.3 is 0 Å². The highest BCUT2D eigenvalue weighted by Gasteiger charge is 2.19. The second-order valence-corrected chi connectivity index (χ2v) is 7.32. The average molecular weight is 401 g/mol. The van der Waals surface area contributed by atoms with E-state index < -0.39 is 6.10 Å². The molecule has 2 aromatic carbocycles. The highest BCUT2D eigenvalue weighted by Crippen LogP contribution is 2.18. The van der Waals surface area contributed by atoms with Crippen LogP contribution in [0.25, 0.3) is 0 Å². The number of β-amino-alcohol motifs (C(OH)–C–C–N with tert-alkyl or cyclic N) is 1. The highest BCUT2D eigenvalue weighted by molar-refractivity contribution is 5.32. The van der Waals surface area contributed by atoms with Crippen LogP contribution in [0.4, 0.5) is 0 Å². The van der Waals surface area contributed by atoms with Crippen LogP contribution < -0.4 is 9.47 Å². The van der Waals surface area contributed by atoms with Crippen LogP contribution in [0.5, 0.6) is 11.5 Å². The van der Waals surface area contributed by atoms with Gasteiger partial charge in [-0.15, -0.1) is 0 Å². The third-order valence-electron chi connectivity index (χ3n) is 5.03. The average Bonchev–Trinajstić information content (AvgIpc) is 2.76. The van der Waals surface area contributed by atoms with E-state index in [0.29, 0.717) is 26.4 Å². The molecule has 0 radical (unpaired) electrons. The van der Waals surface area contributed by atoms with Gasteiger partial charge < -0.3 is 19.3 Å². The number of hydrogen-bond acceptors (Lipinski definition) is 6. The Bertz CT molecular complexity index is 705. The van der Waals surface area contributed by atoms with E-state index >= 15 is 0 Å². The third-order valence-corrected chi connectivity index (χ3v) is 5.03. The van der Waals surface area contributed by atoms with Gasteiger partial charge in [-0.3, -0.25) is 9.80 Å². The van der Waals surface area contributed by atoms with Gasteiger partial charge in [-0.25, -0.2) is 0 Å². The Morgan fingerprint density at radius 2 is 1.62 bits per heavy atom. The minimum Gasteiger partial charge on any atom is -0.497 e. The van der Waals surface area contributed by atoms with Crippen molar-refractivity contribution in [2.24, 2.45) is 0 Å². The van der Waals surface area contributed by atoms with Gasteiger partial charge in [-0.2, -0.15) is 0 Å². The summed E-state index contributed by atoms with van der Waals surface area (Å²) in [6, 6.07) is 18.1. The van der Waals surface area contributed by atoms with E-state index in [1.54, 1.807) is 7.11 Å². The molecule has 1 heterocycles. The van der Waals surface area contributed by atoms with Crippen LogP contribution in [-0.2, 0) is 11.3 Å². The topological polar surface area (TPSA) is 54.4 Å². The van der Waals surface area contributed by atoms with Crippen LogP contribution in [0, 0.1) is 0 Å². The molecule has 1 aliphatic rings. The Morgan fingerprint density at radius 1 is 0.897 bits per heavy atom. The lowest BCUT2D eigenvalue weighted by Crippen LogP contribution is -2.48. The zero-order valence-electron chi connectivity index (χ0n) is 17.2. The molecule has 1 aliphatic heterocycles. The zero-order chi connectivity index (χ0) is 20.3. The van der Waals surface area contributed by atoms with E-state index in [-0.39, 0.29) is 0 Å². The fraction of sp³-hybridized carbons (Fsp3) is 0.478. The largest absolute Gasteiger partial charge is 0.497 e. The summed E-state index contributed by atoms with van der Waals surface area (Å²) < 4.78 is 16.4. The van der Waals surface area contributed by atoms with Crippen LogP contribution in [0.3, 0.4) is 0 Å². The first kappa shape index (κ1) is 21.6. The van der Waals surface area contributed by atoms with Crippen molar-refractivity contribution >= 4 is 0 Å². The molecule has 1 saturated heterocycles. The third kappa shape index (κ3) is 7.66. The summed E-state index contributed by atoms with van der Waals surface area (Å²) in [5.41, 5.74) is 1.35. The number of piperazine rings is 1. The molecule has 1 fully saturated rings. The van der Waals surface area contributed by atoms with Crippen LogP contribution in [-0.4, -0.2) is 80.7 Å². The molecule has 3 rings (SSSR count). The molecule has 6 nitrogen and oxygen atoms in total. The Hall–Kier alpha value is -2.12. The molecule has 158 valence electrons. The summed E-state index contributed by atoms with van der Waals surface area (Å²) in [5.74, 6) is 1.52. The van der Waals surface area contributed by atoms with Gasteiger partial charge in [0.05, 0.1) is 26.4 Å². The minimum absolute atomic E-state index is 0.325. The van der Waals surface area contributed by atoms with Crippen molar-refractivity contribution in [2.45, 2.75) is 12.6 Å². The van der Waals surface area contributed by atoms with Crippen LogP contribution in [0.2, 0.25) is 0 Å². The fourth-order valence-corrected chi connectivity index (χ4v) is 3.45. The van der Waals surface area contributed by atoms with Gasteiger partial charge in [0.25, 0.3) is 0 Å². The van der Waals surface area contributed by atoms with Crippen molar-refractivity contribution in [1.29, 1.82) is 0 Å². The summed E-state index contributed by atoms with van der Waals surface area (Å²) in [6.45, 7) is 6.85. The van der Waals surface area contributed by atoms with Gasteiger partial charge in [0.2, 0.25) is 0 Å². The predicted molar refractivity (Wildman–Crippen MR) is 113 cm³/mol. The number of benzene rings is 2. The standard InChI is InChI=1S/C23H32N2O4/c1-27-22-8-5-9-23(16-22)29-15-14-28-19-21(26)18-25-12-10-24(11-13-25)17-20-6-3-2-4-7-20/h2-9,16,21,26H,10-15,17-19H2,1H3. The van der Waals surface area contributed by atoms with Crippen LogP contribution >= 0.6 is 0 Å². The second kappa shape index (κ2) is 11.8. The lowest BCUT2D eigenvalue weighted by molar-refractivity contribution is -0.000445. The van der Waals surface area contributed by atoms with E-state index in [9.17, 15) is 5.11 Å². The van der Waals surface area contributed by atoms with Crippen molar-refractivity contribution < 1.29 is 19.3 Å². The van der Waals surface area contributed by atoms with Crippen molar-refractivity contribution in [3.63, 3.8) is 0 Å². The lowest BCUT2D eigenvalue weighted by Gasteiger charge is -2.35. The summed E-state index contributed by atoms with van der Waals surface area (Å²) in [5, 5.41) is 10.2. The van der Waals surface area contributed by atoms with E-state index in [0.717, 1.165) is 44.2 Å². The normalized spacial score (nSPS) is 16.5. The van der Waals surface area contributed by atoms with Crippen molar-refractivity contribution in [3.05, 3.63) is 60.2 Å². The highest BCUT2D eigenvalue weighted by atomic mass is 16.5. The zero-order valence-corrected chi connectivity index (χ0v) is 17.2. The molecule has 0 aliphatic carbocycles. The second-order valence-electron chi connectivity index (χ2n) is 7.32. The first-order valence-corrected chi connectivity index (χ1v) is 10.2. The quantitative estimate of drug-likeness (QED) is 0.584. The Morgan fingerprint density at radius 3 is 2.38 bits per heavy atom. The lowest BCUT2D eigenvalue weighted by atomic mass is 10.2.